The van der Waals surface area contributed by atoms with Gasteiger partial charge in [-0.05, 0) is 12.0 Å². The Morgan fingerprint density at radius 1 is 1.19 bits per heavy atom. The lowest BCUT2D eigenvalue weighted by molar-refractivity contribution is 0.0149. The third-order valence-corrected chi connectivity index (χ3v) is 2.89. The second-order valence-electron chi connectivity index (χ2n) is 4.26. The van der Waals surface area contributed by atoms with E-state index in [-0.39, 0.29) is 6.10 Å². The second-order valence-corrected chi connectivity index (χ2v) is 4.26. The number of benzene rings is 1. The number of β-amino-alcohol motifs (C(OH)–C–C–N with tert-alkyl or cyclic N) is 1. The van der Waals surface area contributed by atoms with Gasteiger partial charge < -0.3 is 9.84 Å². The summed E-state index contributed by atoms with van der Waals surface area (Å²) in [6.07, 6.45) is 0.457. The number of hydrogen-bond donors (Lipinski definition) is 1. The molecule has 1 aromatic carbocycles. The Balaban J connectivity index is 1.77. The van der Waals surface area contributed by atoms with Gasteiger partial charge >= 0.3 is 0 Å². The topological polar surface area (TPSA) is 32.7 Å². The van der Waals surface area contributed by atoms with Gasteiger partial charge in [0.05, 0.1) is 19.3 Å². The minimum atomic E-state index is -0.277. The standard InChI is InChI=1S/C13H19NO2/c15-13(10-12-4-2-1-3-5-12)11-14-6-8-16-9-7-14/h1-5,13,15H,6-11H2/t13-/m1/s1. The van der Waals surface area contributed by atoms with E-state index < -0.39 is 0 Å². The van der Waals surface area contributed by atoms with Crippen LogP contribution in [0.2, 0.25) is 0 Å². The molecule has 16 heavy (non-hydrogen) atoms. The molecule has 1 aliphatic rings. The number of rotatable bonds is 4. The highest BCUT2D eigenvalue weighted by molar-refractivity contribution is 5.15. The SMILES string of the molecule is O[C@H](Cc1ccccc1)CN1CCOCC1. The van der Waals surface area contributed by atoms with Crippen LogP contribution in [0.25, 0.3) is 0 Å². The maximum absolute atomic E-state index is 9.97. The summed E-state index contributed by atoms with van der Waals surface area (Å²) in [6.45, 7) is 4.20. The van der Waals surface area contributed by atoms with Gasteiger partial charge in [-0.3, -0.25) is 4.90 Å². The summed E-state index contributed by atoms with van der Waals surface area (Å²) < 4.78 is 5.28. The van der Waals surface area contributed by atoms with E-state index in [2.05, 4.69) is 17.0 Å². The lowest BCUT2D eigenvalue weighted by atomic mass is 10.1. The zero-order chi connectivity index (χ0) is 11.2. The molecule has 1 N–H and O–H groups in total. The number of morpholine rings is 1. The molecular formula is C13H19NO2. The van der Waals surface area contributed by atoms with Crippen molar-refractivity contribution in [2.45, 2.75) is 12.5 Å². The van der Waals surface area contributed by atoms with Crippen LogP contribution in [-0.4, -0.2) is 49.0 Å². The number of aliphatic hydroxyl groups excluding tert-OH is 1. The van der Waals surface area contributed by atoms with E-state index >= 15 is 0 Å². The number of aliphatic hydroxyl groups is 1. The fraction of sp³-hybridized carbons (Fsp3) is 0.538. The highest BCUT2D eigenvalue weighted by atomic mass is 16.5. The van der Waals surface area contributed by atoms with Crippen molar-refractivity contribution in [3.63, 3.8) is 0 Å². The lowest BCUT2D eigenvalue weighted by Gasteiger charge is -2.28. The Morgan fingerprint density at radius 3 is 2.56 bits per heavy atom. The quantitative estimate of drug-likeness (QED) is 0.820. The molecule has 2 rings (SSSR count). The van der Waals surface area contributed by atoms with Crippen LogP contribution in [0.1, 0.15) is 5.56 Å². The molecule has 1 saturated heterocycles. The lowest BCUT2D eigenvalue weighted by Crippen LogP contribution is -2.41. The van der Waals surface area contributed by atoms with E-state index in [9.17, 15) is 5.11 Å². The van der Waals surface area contributed by atoms with Gasteiger partial charge in [-0.25, -0.2) is 0 Å². The van der Waals surface area contributed by atoms with Crippen molar-refractivity contribution in [3.05, 3.63) is 35.9 Å². The molecule has 1 fully saturated rings. The molecule has 0 aliphatic carbocycles. The number of hydrogen-bond acceptors (Lipinski definition) is 3. The van der Waals surface area contributed by atoms with Gasteiger partial charge in [-0.15, -0.1) is 0 Å². The minimum Gasteiger partial charge on any atom is -0.391 e. The molecule has 0 bridgehead atoms. The summed E-state index contributed by atoms with van der Waals surface area (Å²) in [5.74, 6) is 0. The zero-order valence-corrected chi connectivity index (χ0v) is 9.51. The Hall–Kier alpha value is -0.900. The van der Waals surface area contributed by atoms with Gasteiger partial charge in [0.1, 0.15) is 0 Å². The van der Waals surface area contributed by atoms with Crippen molar-refractivity contribution in [2.24, 2.45) is 0 Å². The van der Waals surface area contributed by atoms with Gasteiger partial charge in [0, 0.05) is 19.6 Å². The smallest absolute Gasteiger partial charge is 0.0707 e. The molecule has 1 aliphatic heterocycles. The first kappa shape index (κ1) is 11.6. The summed E-state index contributed by atoms with van der Waals surface area (Å²) in [5.41, 5.74) is 1.20. The third-order valence-electron chi connectivity index (χ3n) is 2.89. The Kier molecular flexibility index (Phi) is 4.34. The molecule has 1 heterocycles. The van der Waals surface area contributed by atoms with E-state index in [1.807, 2.05) is 18.2 Å². The van der Waals surface area contributed by atoms with Crippen LogP contribution >= 0.6 is 0 Å². The zero-order valence-electron chi connectivity index (χ0n) is 9.51. The van der Waals surface area contributed by atoms with E-state index in [4.69, 9.17) is 4.74 Å². The molecule has 0 saturated carbocycles. The van der Waals surface area contributed by atoms with Crippen LogP contribution in [0.3, 0.4) is 0 Å². The molecule has 1 atom stereocenters. The average molecular weight is 221 g/mol. The third kappa shape index (κ3) is 3.59. The number of nitrogens with zero attached hydrogens (tertiary/aromatic N) is 1. The van der Waals surface area contributed by atoms with Crippen molar-refractivity contribution >= 4 is 0 Å². The second kappa shape index (κ2) is 5.99. The Labute approximate surface area is 96.6 Å². The minimum absolute atomic E-state index is 0.277. The van der Waals surface area contributed by atoms with Crippen LogP contribution in [-0.2, 0) is 11.2 Å². The van der Waals surface area contributed by atoms with Gasteiger partial charge in [-0.1, -0.05) is 30.3 Å². The Bertz CT molecular complexity index is 296. The largest absolute Gasteiger partial charge is 0.391 e. The maximum atomic E-state index is 9.97. The van der Waals surface area contributed by atoms with Crippen molar-refractivity contribution in [3.8, 4) is 0 Å². The van der Waals surface area contributed by atoms with E-state index in [1.165, 1.54) is 5.56 Å². The van der Waals surface area contributed by atoms with Gasteiger partial charge in [-0.2, -0.15) is 0 Å². The predicted molar refractivity (Wildman–Crippen MR) is 63.4 cm³/mol. The molecule has 88 valence electrons. The van der Waals surface area contributed by atoms with Gasteiger partial charge in [0.15, 0.2) is 0 Å². The van der Waals surface area contributed by atoms with Crippen LogP contribution in [0, 0.1) is 0 Å². The van der Waals surface area contributed by atoms with Crippen LogP contribution in [0.5, 0.6) is 0 Å². The van der Waals surface area contributed by atoms with E-state index in [0.29, 0.717) is 0 Å². The van der Waals surface area contributed by atoms with Crippen molar-refractivity contribution < 1.29 is 9.84 Å². The number of ether oxygens (including phenoxy) is 1. The van der Waals surface area contributed by atoms with Gasteiger partial charge in [0.25, 0.3) is 0 Å². The van der Waals surface area contributed by atoms with Crippen LogP contribution in [0.15, 0.2) is 30.3 Å². The molecule has 1 aromatic rings. The van der Waals surface area contributed by atoms with Crippen LogP contribution in [0.4, 0.5) is 0 Å². The fourth-order valence-corrected chi connectivity index (χ4v) is 2.03. The molecule has 0 aromatic heterocycles. The van der Waals surface area contributed by atoms with E-state index in [0.717, 1.165) is 39.3 Å². The first-order chi connectivity index (χ1) is 7.84. The highest BCUT2D eigenvalue weighted by Gasteiger charge is 2.14. The van der Waals surface area contributed by atoms with Gasteiger partial charge in [0.2, 0.25) is 0 Å². The average Bonchev–Trinajstić information content (AvgIpc) is 2.31. The van der Waals surface area contributed by atoms with Crippen LogP contribution < -0.4 is 0 Å². The molecule has 3 nitrogen and oxygen atoms in total. The van der Waals surface area contributed by atoms with Crippen molar-refractivity contribution in [2.75, 3.05) is 32.8 Å². The summed E-state index contributed by atoms with van der Waals surface area (Å²) in [4.78, 5) is 2.26. The summed E-state index contributed by atoms with van der Waals surface area (Å²) >= 11 is 0. The molecule has 0 amide bonds. The predicted octanol–water partition coefficient (Wildman–Crippen LogP) is 0.922. The van der Waals surface area contributed by atoms with Crippen molar-refractivity contribution in [1.29, 1.82) is 0 Å². The first-order valence-corrected chi connectivity index (χ1v) is 5.86. The highest BCUT2D eigenvalue weighted by Crippen LogP contribution is 2.05. The fourth-order valence-electron chi connectivity index (χ4n) is 2.03. The maximum Gasteiger partial charge on any atom is 0.0707 e. The summed E-state index contributed by atoms with van der Waals surface area (Å²) in [5, 5.41) is 9.97. The first-order valence-electron chi connectivity index (χ1n) is 5.86. The monoisotopic (exact) mass is 221 g/mol. The Morgan fingerprint density at radius 2 is 1.88 bits per heavy atom. The summed E-state index contributed by atoms with van der Waals surface area (Å²) in [7, 11) is 0. The van der Waals surface area contributed by atoms with E-state index in [1.54, 1.807) is 0 Å². The molecular weight excluding hydrogens is 202 g/mol. The molecule has 0 spiro atoms. The molecule has 0 radical (unpaired) electrons. The van der Waals surface area contributed by atoms with Crippen molar-refractivity contribution in [1.82, 2.24) is 4.90 Å². The summed E-state index contributed by atoms with van der Waals surface area (Å²) in [6, 6.07) is 10.1. The molecule has 0 unspecified atom stereocenters. The molecule has 3 heteroatoms. The normalized spacial score (nSPS) is 19.6.